The second-order valence-electron chi connectivity index (χ2n) is 7.98. The molecule has 5 N–H and O–H groups in total. The predicted molar refractivity (Wildman–Crippen MR) is 126 cm³/mol. The first-order chi connectivity index (χ1) is 16.2. The summed E-state index contributed by atoms with van der Waals surface area (Å²) in [6.45, 7) is 3.56. The lowest BCUT2D eigenvalue weighted by Crippen LogP contribution is -2.74. The Morgan fingerprint density at radius 2 is 2.32 bits per heavy atom. The van der Waals surface area contributed by atoms with Gasteiger partial charge in [0.1, 0.15) is 33.7 Å². The summed E-state index contributed by atoms with van der Waals surface area (Å²) in [5.41, 5.74) is 4.70. The number of thiazole rings is 1. The van der Waals surface area contributed by atoms with Crippen molar-refractivity contribution in [3.63, 3.8) is 0 Å². The molecule has 3 atom stereocenters. The van der Waals surface area contributed by atoms with Gasteiger partial charge in [-0.05, 0) is 13.8 Å². The summed E-state index contributed by atoms with van der Waals surface area (Å²) in [6.07, 6.45) is 1.24. The normalized spacial score (nSPS) is 24.5. The van der Waals surface area contributed by atoms with E-state index in [1.807, 2.05) is 0 Å². The molecule has 2 aromatic rings. The predicted octanol–water partition coefficient (Wildman–Crippen LogP) is 0.236. The monoisotopic (exact) mass is 526 g/mol. The van der Waals surface area contributed by atoms with Gasteiger partial charge in [-0.3, -0.25) is 19.5 Å². The second kappa shape index (κ2) is 9.79. The summed E-state index contributed by atoms with van der Waals surface area (Å²) in [6, 6.07) is -0.811. The quantitative estimate of drug-likeness (QED) is 0.151. The molecule has 182 valence electrons. The maximum Gasteiger partial charge on any atom is 0.313 e. The average Bonchev–Trinajstić information content (AvgIpc) is 3.47. The molecule has 13 nitrogen and oxygen atoms in total. The number of fused-ring (bicyclic) bond motifs is 1. The number of H-pyrrole nitrogens is 1. The van der Waals surface area contributed by atoms with E-state index in [0.717, 1.165) is 11.3 Å². The van der Waals surface area contributed by atoms with Crippen molar-refractivity contribution in [3.8, 4) is 0 Å². The largest absolute Gasteiger partial charge is 0.481 e. The van der Waals surface area contributed by atoms with Gasteiger partial charge in [-0.25, -0.2) is 4.98 Å². The van der Waals surface area contributed by atoms with E-state index in [1.165, 1.54) is 34.6 Å². The first-order valence-corrected chi connectivity index (χ1v) is 13.0. The highest BCUT2D eigenvalue weighted by Crippen LogP contribution is 2.44. The molecule has 2 unspecified atom stereocenters. The van der Waals surface area contributed by atoms with Crippen LogP contribution in [0.15, 0.2) is 21.8 Å². The molecule has 2 aromatic heterocycles. The number of carbonyl (C=O) groups excluding carboxylic acids is 2. The molecule has 0 aliphatic carbocycles. The molecule has 2 fully saturated rings. The highest BCUT2D eigenvalue weighted by Gasteiger charge is 2.57. The summed E-state index contributed by atoms with van der Waals surface area (Å²) >= 11 is 3.75. The first kappa shape index (κ1) is 24.3. The number of aromatic nitrogens is 4. The number of nitrogens with zero attached hydrogens (tertiary/aromatic N) is 5. The number of carboxylic acids is 1. The van der Waals surface area contributed by atoms with E-state index in [0.29, 0.717) is 5.03 Å². The number of nitrogens with two attached hydrogens (primary N) is 1. The molecule has 16 heteroatoms. The van der Waals surface area contributed by atoms with Crippen molar-refractivity contribution < 1.29 is 24.3 Å². The average molecular weight is 527 g/mol. The lowest BCUT2D eigenvalue weighted by atomic mass is 9.89. The zero-order valence-electron chi connectivity index (χ0n) is 18.1. The van der Waals surface area contributed by atoms with Gasteiger partial charge in [0.15, 0.2) is 10.8 Å². The van der Waals surface area contributed by atoms with E-state index >= 15 is 0 Å². The Bertz CT molecular complexity index is 1110. The van der Waals surface area contributed by atoms with Crippen LogP contribution in [-0.2, 0) is 19.2 Å². The minimum atomic E-state index is -1.14. The van der Waals surface area contributed by atoms with Gasteiger partial charge in [-0.2, -0.15) is 0 Å². The molecule has 4 heterocycles. The van der Waals surface area contributed by atoms with Crippen LogP contribution in [0.25, 0.3) is 0 Å². The molecular formula is C18H22N8O5S3. The van der Waals surface area contributed by atoms with Crippen LogP contribution >= 0.6 is 34.9 Å². The molecule has 0 radical (unpaired) electrons. The number of thioether (sulfide) groups is 2. The maximum absolute atomic E-state index is 13.0. The van der Waals surface area contributed by atoms with E-state index in [9.17, 15) is 19.5 Å². The van der Waals surface area contributed by atoms with Crippen LogP contribution in [0.1, 0.15) is 19.5 Å². The van der Waals surface area contributed by atoms with Gasteiger partial charge in [0.25, 0.3) is 5.91 Å². The van der Waals surface area contributed by atoms with Crippen molar-refractivity contribution >= 4 is 63.5 Å². The molecular weight excluding hydrogens is 504 g/mol. The summed E-state index contributed by atoms with van der Waals surface area (Å²) in [4.78, 5) is 48.8. The molecule has 0 aromatic carbocycles. The molecule has 0 saturated carbocycles. The topological polar surface area (TPSA) is 189 Å². The van der Waals surface area contributed by atoms with Crippen LogP contribution in [0.3, 0.4) is 0 Å². The fourth-order valence-electron chi connectivity index (χ4n) is 3.35. The molecule has 2 saturated heterocycles. The number of amides is 2. The van der Waals surface area contributed by atoms with Gasteiger partial charge < -0.3 is 25.9 Å². The number of rotatable bonds is 9. The first-order valence-electron chi connectivity index (χ1n) is 10.1. The maximum atomic E-state index is 13.0. The third-order valence-corrected chi connectivity index (χ3v) is 8.58. The minimum Gasteiger partial charge on any atom is -0.481 e. The zero-order chi connectivity index (χ0) is 24.5. The number of hydrogen-bond acceptors (Lipinski definition) is 12. The van der Waals surface area contributed by atoms with E-state index in [2.05, 4.69) is 30.9 Å². The third-order valence-electron chi connectivity index (χ3n) is 5.12. The Hall–Kier alpha value is -2.85. The number of aliphatic carboxylic acids is 1. The van der Waals surface area contributed by atoms with Crippen molar-refractivity contribution in [1.29, 1.82) is 0 Å². The molecule has 34 heavy (non-hydrogen) atoms. The molecule has 2 amide bonds. The summed E-state index contributed by atoms with van der Waals surface area (Å²) < 4.78 is 0. The molecule has 2 aliphatic rings. The fourth-order valence-corrected chi connectivity index (χ4v) is 6.54. The zero-order valence-corrected chi connectivity index (χ0v) is 20.6. The minimum absolute atomic E-state index is 0.0415. The standard InChI is InChI=1S/C18H22N8O5S3/c1-8(2)31-24-11(9-4-32-17(19)21-9)13(27)22-12-14(28)26-5-18(16(29)30,7-34-15(12)26)6-33-10-3-20-25-23-10/h3-4,8,12,15H,5-7H2,1-2H3,(H2,19,21)(H,22,27)(H,29,30)(H,20,23,25)/t12?,15-,18?/m1/s1. The fraction of sp³-hybridized carbons (Fsp3) is 0.500. The number of nitrogens with one attached hydrogen (secondary N) is 2. The molecule has 4 rings (SSSR count). The lowest BCUT2D eigenvalue weighted by Gasteiger charge is -2.53. The Labute approximate surface area is 206 Å². The van der Waals surface area contributed by atoms with Gasteiger partial charge in [0.05, 0.1) is 6.20 Å². The van der Waals surface area contributed by atoms with E-state index < -0.39 is 23.3 Å². The summed E-state index contributed by atoms with van der Waals surface area (Å²) in [7, 11) is 0. The number of β-lactam (4-membered cyclic amide) rings is 1. The van der Waals surface area contributed by atoms with Crippen molar-refractivity contribution in [2.75, 3.05) is 23.8 Å². The lowest BCUT2D eigenvalue weighted by molar-refractivity contribution is -0.157. The van der Waals surface area contributed by atoms with Crippen molar-refractivity contribution in [1.82, 2.24) is 30.6 Å². The van der Waals surface area contributed by atoms with E-state index in [4.69, 9.17) is 10.6 Å². The van der Waals surface area contributed by atoms with Crippen LogP contribution in [0.5, 0.6) is 0 Å². The number of carbonyl (C=O) groups is 3. The number of aromatic amines is 1. The molecule has 0 bridgehead atoms. The number of carboxylic acid groups (broad SMARTS) is 1. The SMILES string of the molecule is CC(C)ON=C(C(=O)NC1C(=O)N2CC(CSc3cnn[nH]3)(C(=O)O)CS[C@H]12)c1csc(N)n1. The van der Waals surface area contributed by atoms with Crippen molar-refractivity contribution in [2.24, 2.45) is 10.6 Å². The Morgan fingerprint density at radius 1 is 1.53 bits per heavy atom. The van der Waals surface area contributed by atoms with Crippen LogP contribution in [-0.4, -0.2) is 89.5 Å². The van der Waals surface area contributed by atoms with Crippen LogP contribution in [0.2, 0.25) is 0 Å². The Balaban J connectivity index is 1.43. The number of nitrogen functional groups attached to an aromatic ring is 1. The van der Waals surface area contributed by atoms with Crippen molar-refractivity contribution in [2.45, 2.75) is 36.4 Å². The highest BCUT2D eigenvalue weighted by atomic mass is 32.2. The molecule has 2 aliphatic heterocycles. The van der Waals surface area contributed by atoms with Gasteiger partial charge in [-0.15, -0.1) is 40.0 Å². The second-order valence-corrected chi connectivity index (χ2v) is 11.0. The number of oxime groups is 1. The third kappa shape index (κ3) is 4.83. The van der Waals surface area contributed by atoms with Crippen LogP contribution < -0.4 is 11.1 Å². The van der Waals surface area contributed by atoms with Gasteiger partial charge in [0, 0.05) is 23.4 Å². The molecule has 0 spiro atoms. The van der Waals surface area contributed by atoms with Crippen LogP contribution in [0.4, 0.5) is 5.13 Å². The van der Waals surface area contributed by atoms with Crippen molar-refractivity contribution in [3.05, 3.63) is 17.3 Å². The summed E-state index contributed by atoms with van der Waals surface area (Å²) in [5, 5.41) is 28.6. The van der Waals surface area contributed by atoms with E-state index in [-0.39, 0.29) is 52.0 Å². The summed E-state index contributed by atoms with van der Waals surface area (Å²) in [5.74, 6) is -1.45. The van der Waals surface area contributed by atoms with Gasteiger partial charge >= 0.3 is 5.97 Å². The number of anilines is 1. The van der Waals surface area contributed by atoms with E-state index in [1.54, 1.807) is 19.2 Å². The van der Waals surface area contributed by atoms with Gasteiger partial charge in [-0.1, -0.05) is 10.4 Å². The highest BCUT2D eigenvalue weighted by molar-refractivity contribution is 8.00. The van der Waals surface area contributed by atoms with Crippen LogP contribution in [0, 0.1) is 5.41 Å². The Kier molecular flexibility index (Phi) is 6.99. The number of hydrogen-bond donors (Lipinski definition) is 4. The smallest absolute Gasteiger partial charge is 0.313 e. The Morgan fingerprint density at radius 3 is 2.94 bits per heavy atom. The van der Waals surface area contributed by atoms with Gasteiger partial charge in [0.2, 0.25) is 5.91 Å².